The normalized spacial score (nSPS) is 31.2. The van der Waals surface area contributed by atoms with Gasteiger partial charge in [0.25, 0.3) is 0 Å². The maximum Gasteiger partial charge on any atom is 0.223 e. The summed E-state index contributed by atoms with van der Waals surface area (Å²) in [5, 5.41) is 10.4. The number of nitrogens with zero attached hydrogens (tertiary/aromatic N) is 1. The number of aliphatic hydroxyl groups is 1. The Balaban J connectivity index is 2.02. The molecule has 1 N–H and O–H groups in total. The molecule has 0 saturated heterocycles. The molecule has 3 rings (SSSR count). The first kappa shape index (κ1) is 14.9. The van der Waals surface area contributed by atoms with E-state index >= 15 is 0 Å². The minimum Gasteiger partial charge on any atom is -0.504 e. The minimum atomic E-state index is -0.401. The number of rotatable bonds is 3. The quantitative estimate of drug-likeness (QED) is 0.642. The maximum absolute atomic E-state index is 12.5. The lowest BCUT2D eigenvalue weighted by atomic mass is 9.70. The lowest BCUT2D eigenvalue weighted by Crippen LogP contribution is -2.37. The topological polar surface area (TPSA) is 66.7 Å². The molecule has 0 fully saturated rings. The molecule has 116 valence electrons. The first-order chi connectivity index (χ1) is 10.4. The SMILES string of the molecule is CCCC1=CC(=O)C([C@@H]2C=C(C)CC[C@]23N=C3C)=C(O)C1=O. The number of allylic oxidation sites excluding steroid dienone is 3. The Bertz CT molecular complexity index is 693. The van der Waals surface area contributed by atoms with Crippen LogP contribution in [0.15, 0.2) is 39.6 Å². The molecular weight excluding hydrogens is 278 g/mol. The van der Waals surface area contributed by atoms with E-state index in [1.807, 2.05) is 26.8 Å². The van der Waals surface area contributed by atoms with Gasteiger partial charge in [-0.15, -0.1) is 0 Å². The van der Waals surface area contributed by atoms with Crippen molar-refractivity contribution in [3.63, 3.8) is 0 Å². The smallest absolute Gasteiger partial charge is 0.223 e. The van der Waals surface area contributed by atoms with Gasteiger partial charge in [0.05, 0.1) is 5.57 Å². The molecule has 2 atom stereocenters. The van der Waals surface area contributed by atoms with Gasteiger partial charge >= 0.3 is 0 Å². The molecule has 4 heteroatoms. The molecule has 0 radical (unpaired) electrons. The molecule has 0 unspecified atom stereocenters. The van der Waals surface area contributed by atoms with Gasteiger partial charge in [0, 0.05) is 17.2 Å². The van der Waals surface area contributed by atoms with Crippen LogP contribution in [0.5, 0.6) is 0 Å². The molecule has 0 aromatic carbocycles. The number of hydrogen-bond donors (Lipinski definition) is 1. The van der Waals surface area contributed by atoms with Crippen LogP contribution in [0.1, 0.15) is 46.5 Å². The van der Waals surface area contributed by atoms with E-state index < -0.39 is 5.78 Å². The second kappa shape index (κ2) is 5.04. The Kier molecular flexibility index (Phi) is 3.42. The predicted octanol–water partition coefficient (Wildman–Crippen LogP) is 3.25. The van der Waals surface area contributed by atoms with Gasteiger partial charge in [0.15, 0.2) is 11.5 Å². The van der Waals surface area contributed by atoms with Gasteiger partial charge in [0.1, 0.15) is 5.54 Å². The molecule has 1 heterocycles. The standard InChI is InChI=1S/C18H21NO3/c1-4-5-12-9-14(20)15(17(22)16(12)21)13-8-10(2)6-7-18(13)11(3)19-18/h8-9,13,22H,4-7H2,1-3H3/t13-,18+/m0/s1. The number of Topliss-reactive ketones (excluding diaryl/α,β-unsaturated/α-hetero) is 1. The summed E-state index contributed by atoms with van der Waals surface area (Å²) in [5.41, 5.74) is 2.44. The van der Waals surface area contributed by atoms with Gasteiger partial charge in [-0.2, -0.15) is 0 Å². The van der Waals surface area contributed by atoms with Crippen LogP contribution in [0, 0.1) is 5.92 Å². The van der Waals surface area contributed by atoms with Crippen molar-refractivity contribution < 1.29 is 14.7 Å². The average Bonchev–Trinajstić information content (AvgIpc) is 3.11. The van der Waals surface area contributed by atoms with Crippen molar-refractivity contribution in [2.45, 2.75) is 52.0 Å². The van der Waals surface area contributed by atoms with E-state index in [4.69, 9.17) is 0 Å². The molecular formula is C18H21NO3. The molecule has 3 aliphatic rings. The van der Waals surface area contributed by atoms with Gasteiger partial charge in [-0.3, -0.25) is 14.6 Å². The molecule has 22 heavy (non-hydrogen) atoms. The van der Waals surface area contributed by atoms with Crippen LogP contribution in [0.4, 0.5) is 0 Å². The highest BCUT2D eigenvalue weighted by molar-refractivity contribution is 6.22. The van der Waals surface area contributed by atoms with E-state index in [-0.39, 0.29) is 28.6 Å². The largest absolute Gasteiger partial charge is 0.504 e. The Hall–Kier alpha value is -1.97. The van der Waals surface area contributed by atoms with Crippen LogP contribution in [0.2, 0.25) is 0 Å². The molecule has 0 aromatic rings. The van der Waals surface area contributed by atoms with Crippen molar-refractivity contribution in [1.82, 2.24) is 0 Å². The fraction of sp³-hybridized carbons (Fsp3) is 0.500. The number of aliphatic imine (C=N–C) groups is 1. The molecule has 0 amide bonds. The second-order valence-corrected chi connectivity index (χ2v) is 6.49. The number of aliphatic hydroxyl groups excluding tert-OH is 1. The summed E-state index contributed by atoms with van der Waals surface area (Å²) in [5.74, 6) is -1.33. The third kappa shape index (κ3) is 2.09. The zero-order chi connectivity index (χ0) is 16.1. The Morgan fingerprint density at radius 3 is 2.64 bits per heavy atom. The molecule has 4 nitrogen and oxygen atoms in total. The second-order valence-electron chi connectivity index (χ2n) is 6.49. The third-order valence-corrected chi connectivity index (χ3v) is 4.97. The van der Waals surface area contributed by atoms with E-state index in [1.165, 1.54) is 11.6 Å². The molecule has 0 bridgehead atoms. The number of hydrogen-bond acceptors (Lipinski definition) is 4. The first-order valence-electron chi connectivity index (χ1n) is 7.87. The predicted molar refractivity (Wildman–Crippen MR) is 85.0 cm³/mol. The van der Waals surface area contributed by atoms with Crippen LogP contribution >= 0.6 is 0 Å². The van der Waals surface area contributed by atoms with Gasteiger partial charge in [-0.1, -0.05) is 25.0 Å². The molecule has 2 aliphatic carbocycles. The summed E-state index contributed by atoms with van der Waals surface area (Å²) in [6.45, 7) is 5.91. The van der Waals surface area contributed by atoms with Gasteiger partial charge < -0.3 is 5.11 Å². The highest BCUT2D eigenvalue weighted by atomic mass is 16.3. The van der Waals surface area contributed by atoms with E-state index in [0.29, 0.717) is 12.0 Å². The van der Waals surface area contributed by atoms with Crippen molar-refractivity contribution in [2.75, 3.05) is 0 Å². The van der Waals surface area contributed by atoms with Crippen LogP contribution in [-0.4, -0.2) is 27.9 Å². The van der Waals surface area contributed by atoms with Crippen molar-refractivity contribution in [2.24, 2.45) is 10.9 Å². The van der Waals surface area contributed by atoms with Crippen LogP contribution < -0.4 is 0 Å². The lowest BCUT2D eigenvalue weighted by molar-refractivity contribution is -0.118. The van der Waals surface area contributed by atoms with Crippen molar-refractivity contribution in [3.05, 3.63) is 34.6 Å². The average molecular weight is 299 g/mol. The van der Waals surface area contributed by atoms with Crippen LogP contribution in [0.3, 0.4) is 0 Å². The molecule has 0 aromatic heterocycles. The monoisotopic (exact) mass is 299 g/mol. The zero-order valence-corrected chi connectivity index (χ0v) is 13.3. The molecule has 1 spiro atoms. The van der Waals surface area contributed by atoms with Crippen molar-refractivity contribution in [1.29, 1.82) is 0 Å². The Labute approximate surface area is 130 Å². The summed E-state index contributed by atoms with van der Waals surface area (Å²) in [7, 11) is 0. The Morgan fingerprint density at radius 1 is 1.36 bits per heavy atom. The fourth-order valence-electron chi connectivity index (χ4n) is 3.62. The summed E-state index contributed by atoms with van der Waals surface area (Å²) < 4.78 is 0. The maximum atomic E-state index is 12.5. The van der Waals surface area contributed by atoms with Crippen molar-refractivity contribution in [3.8, 4) is 0 Å². The van der Waals surface area contributed by atoms with E-state index in [1.54, 1.807) is 0 Å². The number of carbonyl (C=O) groups is 2. The van der Waals surface area contributed by atoms with Crippen LogP contribution in [0.25, 0.3) is 0 Å². The van der Waals surface area contributed by atoms with Gasteiger partial charge in [-0.25, -0.2) is 0 Å². The molecule has 0 saturated carbocycles. The summed E-state index contributed by atoms with van der Waals surface area (Å²) in [6, 6.07) is 0. The summed E-state index contributed by atoms with van der Waals surface area (Å²) in [6.07, 6.45) is 6.47. The first-order valence-corrected chi connectivity index (χ1v) is 7.87. The van der Waals surface area contributed by atoms with Gasteiger partial charge in [-0.05, 0) is 39.2 Å². The summed E-state index contributed by atoms with van der Waals surface area (Å²) >= 11 is 0. The summed E-state index contributed by atoms with van der Waals surface area (Å²) in [4.78, 5) is 29.4. The van der Waals surface area contributed by atoms with Crippen LogP contribution in [-0.2, 0) is 9.59 Å². The van der Waals surface area contributed by atoms with E-state index in [2.05, 4.69) is 4.99 Å². The zero-order valence-electron chi connectivity index (χ0n) is 13.3. The third-order valence-electron chi connectivity index (χ3n) is 4.97. The number of ketones is 2. The van der Waals surface area contributed by atoms with E-state index in [0.717, 1.165) is 25.0 Å². The Morgan fingerprint density at radius 2 is 2.05 bits per heavy atom. The molecule has 1 aliphatic heterocycles. The van der Waals surface area contributed by atoms with Crippen molar-refractivity contribution >= 4 is 17.3 Å². The minimum absolute atomic E-state index is 0.226. The van der Waals surface area contributed by atoms with E-state index in [9.17, 15) is 14.7 Å². The fourth-order valence-corrected chi connectivity index (χ4v) is 3.62. The highest BCUT2D eigenvalue weighted by Gasteiger charge is 2.54. The van der Waals surface area contributed by atoms with Gasteiger partial charge in [0.2, 0.25) is 5.78 Å². The lowest BCUT2D eigenvalue weighted by Gasteiger charge is -2.31. The highest BCUT2D eigenvalue weighted by Crippen LogP contribution is 2.49. The number of carbonyl (C=O) groups excluding carboxylic acids is 2.